The minimum absolute atomic E-state index is 0.0490. The maximum Gasteiger partial charge on any atom is 0.319 e. The molecule has 0 saturated heterocycles. The number of nitrogens with zero attached hydrogens (tertiary/aromatic N) is 2. The van der Waals surface area contributed by atoms with Crippen LogP contribution in [-0.4, -0.2) is 29.5 Å². The molecule has 2 aromatic heterocycles. The molecule has 136 valence electrons. The van der Waals surface area contributed by atoms with Gasteiger partial charge in [-0.2, -0.15) is 5.10 Å². The summed E-state index contributed by atoms with van der Waals surface area (Å²) in [5, 5.41) is 12.4. The highest BCUT2D eigenvalue weighted by molar-refractivity contribution is 7.10. The Morgan fingerprint density at radius 1 is 1.27 bits per heavy atom. The van der Waals surface area contributed by atoms with Crippen molar-refractivity contribution in [2.45, 2.75) is 19.9 Å². The Morgan fingerprint density at radius 2 is 2.08 bits per heavy atom. The molecule has 2 amide bonds. The number of nitrogens with one attached hydrogen (secondary N) is 2. The number of carbonyl (C=O) groups is 1. The molecule has 3 aromatic rings. The van der Waals surface area contributed by atoms with Gasteiger partial charge < -0.3 is 15.4 Å². The van der Waals surface area contributed by atoms with Crippen molar-refractivity contribution in [1.29, 1.82) is 0 Å². The molecular formula is C19H22N4O2S. The normalized spacial score (nSPS) is 11.8. The van der Waals surface area contributed by atoms with Gasteiger partial charge in [0.25, 0.3) is 0 Å². The summed E-state index contributed by atoms with van der Waals surface area (Å²) in [5.41, 5.74) is 2.65. The molecule has 0 aliphatic rings. The summed E-state index contributed by atoms with van der Waals surface area (Å²) >= 11 is 1.65. The molecule has 1 atom stereocenters. The first-order valence-corrected chi connectivity index (χ1v) is 9.20. The highest BCUT2D eigenvalue weighted by atomic mass is 32.1. The number of anilines is 1. The van der Waals surface area contributed by atoms with Crippen LogP contribution in [0.2, 0.25) is 0 Å². The van der Waals surface area contributed by atoms with Gasteiger partial charge in [-0.1, -0.05) is 18.2 Å². The van der Waals surface area contributed by atoms with Gasteiger partial charge in [0, 0.05) is 17.1 Å². The molecule has 0 spiro atoms. The van der Waals surface area contributed by atoms with Crippen molar-refractivity contribution in [3.63, 3.8) is 0 Å². The van der Waals surface area contributed by atoms with Gasteiger partial charge in [0.05, 0.1) is 18.5 Å². The first kappa shape index (κ1) is 18.0. The van der Waals surface area contributed by atoms with E-state index in [9.17, 15) is 4.79 Å². The zero-order chi connectivity index (χ0) is 18.5. The van der Waals surface area contributed by atoms with Crippen LogP contribution in [0.15, 0.2) is 47.8 Å². The first-order chi connectivity index (χ1) is 12.6. The predicted octanol–water partition coefficient (Wildman–Crippen LogP) is 3.98. The molecule has 0 radical (unpaired) electrons. The van der Waals surface area contributed by atoms with Crippen molar-refractivity contribution in [3.05, 3.63) is 64.1 Å². The van der Waals surface area contributed by atoms with Crippen LogP contribution in [0.1, 0.15) is 22.3 Å². The van der Waals surface area contributed by atoms with Crippen molar-refractivity contribution in [2.75, 3.05) is 19.0 Å². The van der Waals surface area contributed by atoms with Crippen LogP contribution in [0.4, 0.5) is 10.5 Å². The number of methoxy groups -OCH3 is 1. The minimum Gasteiger partial charge on any atom is -0.495 e. The quantitative estimate of drug-likeness (QED) is 0.690. The Morgan fingerprint density at radius 3 is 2.73 bits per heavy atom. The monoisotopic (exact) mass is 370 g/mol. The highest BCUT2D eigenvalue weighted by Gasteiger charge is 2.19. The zero-order valence-corrected chi connectivity index (χ0v) is 15.8. The number of para-hydroxylation sites is 2. The van der Waals surface area contributed by atoms with Crippen molar-refractivity contribution in [2.24, 2.45) is 0 Å². The van der Waals surface area contributed by atoms with Gasteiger partial charge in [-0.25, -0.2) is 4.79 Å². The van der Waals surface area contributed by atoms with Crippen LogP contribution in [0.5, 0.6) is 5.75 Å². The molecule has 0 saturated carbocycles. The molecule has 1 unspecified atom stereocenters. The van der Waals surface area contributed by atoms with Crippen molar-refractivity contribution in [1.82, 2.24) is 15.1 Å². The number of thiophene rings is 1. The fourth-order valence-corrected chi connectivity index (χ4v) is 3.67. The van der Waals surface area contributed by atoms with Crippen molar-refractivity contribution in [3.8, 4) is 5.75 Å². The molecule has 2 heterocycles. The summed E-state index contributed by atoms with van der Waals surface area (Å²) in [6, 6.07) is 13.1. The van der Waals surface area contributed by atoms with Gasteiger partial charge in [-0.3, -0.25) is 4.68 Å². The fourth-order valence-electron chi connectivity index (χ4n) is 2.85. The van der Waals surface area contributed by atoms with Gasteiger partial charge in [0.2, 0.25) is 0 Å². The summed E-state index contributed by atoms with van der Waals surface area (Å²) in [6.07, 6.45) is 0. The van der Waals surface area contributed by atoms with Gasteiger partial charge >= 0.3 is 6.03 Å². The Balaban J connectivity index is 1.72. The lowest BCUT2D eigenvalue weighted by Gasteiger charge is -2.19. The third-order valence-corrected chi connectivity index (χ3v) is 5.00. The van der Waals surface area contributed by atoms with E-state index in [2.05, 4.69) is 21.8 Å². The van der Waals surface area contributed by atoms with Crippen LogP contribution in [0.25, 0.3) is 0 Å². The molecule has 1 aromatic carbocycles. The number of carbonyl (C=O) groups excluding carboxylic acids is 1. The standard InChI is InChI=1S/C19H22N4O2S/c1-13-11-14(2)23(22-13)16(18-9-6-10-26-18)12-20-19(24)21-15-7-4-5-8-17(15)25-3/h4-11,16H,12H2,1-3H3,(H2,20,21,24). The van der Waals surface area contributed by atoms with E-state index >= 15 is 0 Å². The number of urea groups is 1. The number of benzene rings is 1. The van der Waals surface area contributed by atoms with E-state index in [1.165, 1.54) is 0 Å². The van der Waals surface area contributed by atoms with Crippen LogP contribution in [-0.2, 0) is 0 Å². The van der Waals surface area contributed by atoms with E-state index in [1.54, 1.807) is 30.6 Å². The Bertz CT molecular complexity index is 874. The minimum atomic E-state index is -0.280. The summed E-state index contributed by atoms with van der Waals surface area (Å²) < 4.78 is 7.23. The van der Waals surface area contributed by atoms with E-state index in [0.717, 1.165) is 16.3 Å². The highest BCUT2D eigenvalue weighted by Crippen LogP contribution is 2.25. The Hall–Kier alpha value is -2.80. The predicted molar refractivity (Wildman–Crippen MR) is 104 cm³/mol. The molecule has 6 nitrogen and oxygen atoms in total. The molecular weight excluding hydrogens is 348 g/mol. The van der Waals surface area contributed by atoms with Crippen LogP contribution in [0, 0.1) is 13.8 Å². The number of aromatic nitrogens is 2. The average Bonchev–Trinajstić information content (AvgIpc) is 3.26. The first-order valence-electron chi connectivity index (χ1n) is 8.32. The number of amides is 2. The number of aryl methyl sites for hydroxylation is 2. The third-order valence-electron chi connectivity index (χ3n) is 4.02. The number of ether oxygens (including phenoxy) is 1. The van der Waals surface area contributed by atoms with E-state index < -0.39 is 0 Å². The van der Waals surface area contributed by atoms with Gasteiger partial charge in [-0.15, -0.1) is 11.3 Å². The van der Waals surface area contributed by atoms with E-state index in [1.807, 2.05) is 48.2 Å². The number of rotatable bonds is 6. The molecule has 0 fully saturated rings. The second-order valence-corrected chi connectivity index (χ2v) is 6.92. The van der Waals surface area contributed by atoms with Crippen LogP contribution in [0.3, 0.4) is 0 Å². The molecule has 0 aliphatic heterocycles. The number of hydrogen-bond acceptors (Lipinski definition) is 4. The van der Waals surface area contributed by atoms with E-state index in [-0.39, 0.29) is 12.1 Å². The molecule has 7 heteroatoms. The summed E-state index contributed by atoms with van der Waals surface area (Å²) in [4.78, 5) is 13.5. The smallest absolute Gasteiger partial charge is 0.319 e. The maximum atomic E-state index is 12.4. The van der Waals surface area contributed by atoms with Gasteiger partial charge in [0.1, 0.15) is 11.8 Å². The van der Waals surface area contributed by atoms with Gasteiger partial charge in [0.15, 0.2) is 0 Å². The SMILES string of the molecule is COc1ccccc1NC(=O)NCC(c1cccs1)n1nc(C)cc1C. The van der Waals surface area contributed by atoms with E-state index in [4.69, 9.17) is 4.74 Å². The van der Waals surface area contributed by atoms with Crippen molar-refractivity contribution >= 4 is 23.1 Å². The fraction of sp³-hybridized carbons (Fsp3) is 0.263. The van der Waals surface area contributed by atoms with Crippen LogP contribution < -0.4 is 15.4 Å². The van der Waals surface area contributed by atoms with Gasteiger partial charge in [-0.05, 0) is 43.5 Å². The second-order valence-electron chi connectivity index (χ2n) is 5.94. The lowest BCUT2D eigenvalue weighted by Crippen LogP contribution is -2.35. The molecule has 0 bridgehead atoms. The summed E-state index contributed by atoms with van der Waals surface area (Å²) in [7, 11) is 1.58. The zero-order valence-electron chi connectivity index (χ0n) is 15.0. The largest absolute Gasteiger partial charge is 0.495 e. The second kappa shape index (κ2) is 8.05. The van der Waals surface area contributed by atoms with Crippen molar-refractivity contribution < 1.29 is 9.53 Å². The summed E-state index contributed by atoms with van der Waals surface area (Å²) in [5.74, 6) is 0.621. The maximum absolute atomic E-state index is 12.4. The number of hydrogen-bond donors (Lipinski definition) is 2. The molecule has 2 N–H and O–H groups in total. The molecule has 26 heavy (non-hydrogen) atoms. The lowest BCUT2D eigenvalue weighted by molar-refractivity contribution is 0.250. The van der Waals surface area contributed by atoms with Crippen LogP contribution >= 0.6 is 11.3 Å². The van der Waals surface area contributed by atoms with E-state index in [0.29, 0.717) is 18.0 Å². The topological polar surface area (TPSA) is 68.2 Å². The lowest BCUT2D eigenvalue weighted by atomic mass is 10.2. The average molecular weight is 370 g/mol. The summed E-state index contributed by atoms with van der Waals surface area (Å²) in [6.45, 7) is 4.43. The molecule has 0 aliphatic carbocycles. The Labute approximate surface area is 156 Å². The molecule has 3 rings (SSSR count). The Kier molecular flexibility index (Phi) is 5.58. The third kappa shape index (κ3) is 4.05.